The number of carbonyl (C=O) groups excluding carboxylic acids is 1. The van der Waals surface area contributed by atoms with Crippen LogP contribution < -0.4 is 0 Å². The maximum Gasteiger partial charge on any atom is 0.274 e. The first-order valence-electron chi connectivity index (χ1n) is 9.19. The highest BCUT2D eigenvalue weighted by atomic mass is 79.9. The molecule has 0 unspecified atom stereocenters. The van der Waals surface area contributed by atoms with E-state index >= 15 is 0 Å². The molecule has 3 heterocycles. The zero-order valence-corrected chi connectivity index (χ0v) is 17.5. The summed E-state index contributed by atoms with van der Waals surface area (Å²) in [7, 11) is 0. The quantitative estimate of drug-likeness (QED) is 0.575. The van der Waals surface area contributed by atoms with Crippen LogP contribution in [0, 0.1) is 0 Å². The molecule has 0 radical (unpaired) electrons. The molecule has 1 aromatic heterocycles. The molecule has 0 N–H and O–H groups in total. The van der Waals surface area contributed by atoms with Crippen molar-refractivity contribution in [3.05, 3.63) is 64.3 Å². The number of carbonyl (C=O) groups is 1. The first kappa shape index (κ1) is 18.0. The van der Waals surface area contributed by atoms with Gasteiger partial charge in [0.15, 0.2) is 5.69 Å². The summed E-state index contributed by atoms with van der Waals surface area (Å²) >= 11 is 5.32. The van der Waals surface area contributed by atoms with E-state index in [1.807, 2.05) is 46.0 Å². The molecular formula is C21H18BrN3O2S. The lowest BCUT2D eigenvalue weighted by Crippen LogP contribution is -2.41. The van der Waals surface area contributed by atoms with Gasteiger partial charge in [-0.3, -0.25) is 4.79 Å². The van der Waals surface area contributed by atoms with E-state index in [0.29, 0.717) is 32.0 Å². The van der Waals surface area contributed by atoms with Gasteiger partial charge in [0.05, 0.1) is 24.6 Å². The summed E-state index contributed by atoms with van der Waals surface area (Å²) in [5, 5.41) is 4.82. The smallest absolute Gasteiger partial charge is 0.274 e. The van der Waals surface area contributed by atoms with Crippen LogP contribution in [0.2, 0.25) is 0 Å². The molecule has 3 aromatic rings. The number of aromatic nitrogens is 2. The lowest BCUT2D eigenvalue weighted by atomic mass is 10.0. The number of thioether (sulfide) groups is 1. The molecule has 2 aliphatic heterocycles. The Bertz CT molecular complexity index is 1050. The molecule has 0 aliphatic carbocycles. The predicted octanol–water partition coefficient (Wildman–Crippen LogP) is 4.38. The monoisotopic (exact) mass is 455 g/mol. The minimum absolute atomic E-state index is 0.00427. The third kappa shape index (κ3) is 3.07. The zero-order valence-electron chi connectivity index (χ0n) is 15.1. The third-order valence-corrected chi connectivity index (χ3v) is 6.63. The molecular weight excluding hydrogens is 438 g/mol. The van der Waals surface area contributed by atoms with Gasteiger partial charge < -0.3 is 9.64 Å². The molecule has 1 saturated heterocycles. The van der Waals surface area contributed by atoms with Crippen LogP contribution in [0.3, 0.4) is 0 Å². The van der Waals surface area contributed by atoms with Crippen LogP contribution in [0.15, 0.2) is 57.9 Å². The molecule has 0 spiro atoms. The van der Waals surface area contributed by atoms with Gasteiger partial charge in [-0.05, 0) is 24.3 Å². The first-order chi connectivity index (χ1) is 13.7. The average molecular weight is 456 g/mol. The SMILES string of the molecule is O=C(c1nn(-c2ccccc2)c2c1CSc1cc(Br)ccc1-2)N1CCOCC1. The molecule has 1 fully saturated rings. The van der Waals surface area contributed by atoms with Crippen molar-refractivity contribution >= 4 is 33.6 Å². The Hall–Kier alpha value is -2.09. The summed E-state index contributed by atoms with van der Waals surface area (Å²) in [4.78, 5) is 16.3. The predicted molar refractivity (Wildman–Crippen MR) is 113 cm³/mol. The number of fused-ring (bicyclic) bond motifs is 3. The van der Waals surface area contributed by atoms with E-state index in [9.17, 15) is 4.79 Å². The van der Waals surface area contributed by atoms with Gasteiger partial charge in [0.25, 0.3) is 5.91 Å². The summed E-state index contributed by atoms with van der Waals surface area (Å²) in [6.45, 7) is 2.39. The number of ether oxygens (including phenoxy) is 1. The second kappa shape index (κ2) is 7.39. The maximum absolute atomic E-state index is 13.3. The van der Waals surface area contributed by atoms with Crippen molar-refractivity contribution in [1.82, 2.24) is 14.7 Å². The fourth-order valence-electron chi connectivity index (χ4n) is 3.67. The molecule has 28 heavy (non-hydrogen) atoms. The van der Waals surface area contributed by atoms with E-state index in [2.05, 4.69) is 28.1 Å². The van der Waals surface area contributed by atoms with Gasteiger partial charge in [0.2, 0.25) is 0 Å². The second-order valence-corrected chi connectivity index (χ2v) is 8.69. The molecule has 5 rings (SSSR count). The van der Waals surface area contributed by atoms with Crippen molar-refractivity contribution < 1.29 is 9.53 Å². The van der Waals surface area contributed by atoms with Crippen LogP contribution in [-0.4, -0.2) is 46.9 Å². The lowest BCUT2D eigenvalue weighted by molar-refractivity contribution is 0.0298. The Balaban J connectivity index is 1.69. The van der Waals surface area contributed by atoms with E-state index in [0.717, 1.165) is 32.7 Å². The van der Waals surface area contributed by atoms with Crippen molar-refractivity contribution in [2.75, 3.05) is 26.3 Å². The summed E-state index contributed by atoms with van der Waals surface area (Å²) in [6, 6.07) is 16.3. The Morgan fingerprint density at radius 1 is 1.11 bits per heavy atom. The van der Waals surface area contributed by atoms with Gasteiger partial charge in [-0.2, -0.15) is 5.10 Å². The van der Waals surface area contributed by atoms with Crippen LogP contribution in [0.1, 0.15) is 16.1 Å². The number of morpholine rings is 1. The normalized spacial score (nSPS) is 15.8. The zero-order chi connectivity index (χ0) is 19.1. The summed E-state index contributed by atoms with van der Waals surface area (Å²) in [5.41, 5.74) is 4.67. The molecule has 7 heteroatoms. The number of hydrogen-bond acceptors (Lipinski definition) is 4. The van der Waals surface area contributed by atoms with Crippen LogP contribution in [0.4, 0.5) is 0 Å². The minimum atomic E-state index is -0.00427. The summed E-state index contributed by atoms with van der Waals surface area (Å²) in [5.74, 6) is 0.729. The van der Waals surface area contributed by atoms with E-state index < -0.39 is 0 Å². The Morgan fingerprint density at radius 2 is 1.89 bits per heavy atom. The first-order valence-corrected chi connectivity index (χ1v) is 11.0. The summed E-state index contributed by atoms with van der Waals surface area (Å²) < 4.78 is 8.38. The summed E-state index contributed by atoms with van der Waals surface area (Å²) in [6.07, 6.45) is 0. The van der Waals surface area contributed by atoms with E-state index in [1.165, 1.54) is 4.90 Å². The van der Waals surface area contributed by atoms with Gasteiger partial charge in [0.1, 0.15) is 0 Å². The van der Waals surface area contributed by atoms with Crippen molar-refractivity contribution in [3.8, 4) is 16.9 Å². The Labute approximate surface area is 175 Å². The van der Waals surface area contributed by atoms with Crippen molar-refractivity contribution in [2.45, 2.75) is 10.6 Å². The minimum Gasteiger partial charge on any atom is -0.378 e. The second-order valence-electron chi connectivity index (χ2n) is 6.76. The average Bonchev–Trinajstić information content (AvgIpc) is 3.14. The number of benzene rings is 2. The van der Waals surface area contributed by atoms with E-state index in [-0.39, 0.29) is 5.91 Å². The van der Waals surface area contributed by atoms with Gasteiger partial charge in [-0.15, -0.1) is 11.8 Å². The molecule has 5 nitrogen and oxygen atoms in total. The maximum atomic E-state index is 13.3. The third-order valence-electron chi connectivity index (χ3n) is 5.06. The molecule has 0 saturated carbocycles. The number of amides is 1. The van der Waals surface area contributed by atoms with Gasteiger partial charge >= 0.3 is 0 Å². The van der Waals surface area contributed by atoms with Crippen LogP contribution in [0.25, 0.3) is 16.9 Å². The van der Waals surface area contributed by atoms with Crippen molar-refractivity contribution in [3.63, 3.8) is 0 Å². The van der Waals surface area contributed by atoms with Crippen molar-refractivity contribution in [1.29, 1.82) is 0 Å². The Kier molecular flexibility index (Phi) is 4.74. The number of para-hydroxylation sites is 1. The molecule has 0 bridgehead atoms. The molecule has 1 amide bonds. The van der Waals surface area contributed by atoms with Crippen LogP contribution in [-0.2, 0) is 10.5 Å². The van der Waals surface area contributed by atoms with Gasteiger partial charge in [0, 0.05) is 39.3 Å². The highest BCUT2D eigenvalue weighted by molar-refractivity contribution is 9.10. The fraction of sp³-hybridized carbons (Fsp3) is 0.238. The van der Waals surface area contributed by atoms with Crippen LogP contribution >= 0.6 is 27.7 Å². The van der Waals surface area contributed by atoms with E-state index in [4.69, 9.17) is 9.84 Å². The molecule has 0 atom stereocenters. The molecule has 2 aliphatic rings. The Morgan fingerprint density at radius 3 is 2.68 bits per heavy atom. The number of rotatable bonds is 2. The highest BCUT2D eigenvalue weighted by Crippen LogP contribution is 2.44. The highest BCUT2D eigenvalue weighted by Gasteiger charge is 2.31. The topological polar surface area (TPSA) is 47.4 Å². The van der Waals surface area contributed by atoms with Gasteiger partial charge in [-0.1, -0.05) is 40.2 Å². The van der Waals surface area contributed by atoms with Gasteiger partial charge in [-0.25, -0.2) is 4.68 Å². The number of halogens is 1. The van der Waals surface area contributed by atoms with Crippen molar-refractivity contribution in [2.24, 2.45) is 0 Å². The van der Waals surface area contributed by atoms with Crippen LogP contribution in [0.5, 0.6) is 0 Å². The number of nitrogens with zero attached hydrogens (tertiary/aromatic N) is 3. The largest absolute Gasteiger partial charge is 0.378 e. The molecule has 2 aromatic carbocycles. The standard InChI is InChI=1S/C21H18BrN3O2S/c22-14-6-7-16-18(12-14)28-13-17-19(21(26)24-8-10-27-11-9-24)23-25(20(16)17)15-4-2-1-3-5-15/h1-7,12H,8-11,13H2. The van der Waals surface area contributed by atoms with E-state index in [1.54, 1.807) is 11.8 Å². The molecule has 142 valence electrons. The lowest BCUT2D eigenvalue weighted by Gasteiger charge is -2.26. The number of hydrogen-bond donors (Lipinski definition) is 0. The fourth-order valence-corrected chi connectivity index (χ4v) is 5.29.